The maximum atomic E-state index is 11.2. The minimum atomic E-state index is -0.589. The minimum absolute atomic E-state index is 0.125. The molecule has 2 amide bonds. The molecular weight excluding hydrogens is 270 g/mol. The number of carbonyl (C=O) groups excluding carboxylic acids is 1. The number of nitrogens with zero attached hydrogens (tertiary/aromatic N) is 1. The summed E-state index contributed by atoms with van der Waals surface area (Å²) in [4.78, 5) is 12.7. The Morgan fingerprint density at radius 2 is 2.05 bits per heavy atom. The first-order valence-electron chi connectivity index (χ1n) is 7.03. The fourth-order valence-electron chi connectivity index (χ4n) is 1.65. The van der Waals surface area contributed by atoms with E-state index < -0.39 is 6.10 Å². The van der Waals surface area contributed by atoms with E-state index in [4.69, 9.17) is 4.74 Å². The van der Waals surface area contributed by atoms with Crippen LogP contribution in [0.1, 0.15) is 5.56 Å². The van der Waals surface area contributed by atoms with Crippen molar-refractivity contribution in [2.75, 3.05) is 40.3 Å². The molecule has 0 spiro atoms. The molecule has 6 heteroatoms. The Balaban J connectivity index is 2.10. The summed E-state index contributed by atoms with van der Waals surface area (Å²) in [5, 5.41) is 15.6. The zero-order valence-electron chi connectivity index (χ0n) is 12.9. The zero-order chi connectivity index (χ0) is 15.7. The maximum Gasteiger partial charge on any atom is 0.316 e. The fourth-order valence-corrected chi connectivity index (χ4v) is 1.65. The van der Waals surface area contributed by atoms with Crippen LogP contribution >= 0.6 is 0 Å². The van der Waals surface area contributed by atoms with Gasteiger partial charge in [-0.15, -0.1) is 0 Å². The number of benzene rings is 1. The molecule has 0 radical (unpaired) electrons. The summed E-state index contributed by atoms with van der Waals surface area (Å²) < 4.78 is 5.56. The molecule has 118 valence electrons. The summed E-state index contributed by atoms with van der Waals surface area (Å²) in [6.07, 6.45) is -0.589. The van der Waals surface area contributed by atoms with Crippen molar-refractivity contribution >= 4 is 6.03 Å². The number of aliphatic hydroxyl groups excluding tert-OH is 1. The highest BCUT2D eigenvalue weighted by Gasteiger charge is 2.06. The molecule has 0 saturated carbocycles. The Morgan fingerprint density at radius 1 is 1.33 bits per heavy atom. The van der Waals surface area contributed by atoms with E-state index in [2.05, 4.69) is 10.6 Å². The SMILES string of the molecule is Cc1ccccc1OCC(O)CNCCNC(=O)N(C)C. The third kappa shape index (κ3) is 6.97. The normalized spacial score (nSPS) is 11.8. The lowest BCUT2D eigenvalue weighted by molar-refractivity contribution is 0.106. The number of rotatable bonds is 8. The van der Waals surface area contributed by atoms with Crippen molar-refractivity contribution in [2.45, 2.75) is 13.0 Å². The summed E-state index contributed by atoms with van der Waals surface area (Å²) in [6, 6.07) is 7.57. The van der Waals surface area contributed by atoms with Gasteiger partial charge in [-0.25, -0.2) is 4.79 Å². The maximum absolute atomic E-state index is 11.2. The molecule has 0 aliphatic heterocycles. The molecule has 0 bridgehead atoms. The van der Waals surface area contributed by atoms with Crippen LogP contribution in [0.25, 0.3) is 0 Å². The molecule has 6 nitrogen and oxygen atoms in total. The van der Waals surface area contributed by atoms with Crippen LogP contribution in [0.2, 0.25) is 0 Å². The number of nitrogens with one attached hydrogen (secondary N) is 2. The van der Waals surface area contributed by atoms with E-state index in [9.17, 15) is 9.90 Å². The lowest BCUT2D eigenvalue weighted by Gasteiger charge is -2.15. The van der Waals surface area contributed by atoms with Crippen LogP contribution < -0.4 is 15.4 Å². The number of carbonyl (C=O) groups is 1. The number of aryl methyl sites for hydroxylation is 1. The molecule has 1 atom stereocenters. The van der Waals surface area contributed by atoms with Gasteiger partial charge in [-0.2, -0.15) is 0 Å². The predicted octanol–water partition coefficient (Wildman–Crippen LogP) is 0.596. The standard InChI is InChI=1S/C15H25N3O3/c1-12-6-4-5-7-14(12)21-11-13(19)10-16-8-9-17-15(20)18(2)3/h4-7,13,16,19H,8-11H2,1-3H3,(H,17,20). The van der Waals surface area contributed by atoms with Gasteiger partial charge >= 0.3 is 6.03 Å². The van der Waals surface area contributed by atoms with Gasteiger partial charge in [0.05, 0.1) is 0 Å². The fraction of sp³-hybridized carbons (Fsp3) is 0.533. The summed E-state index contributed by atoms with van der Waals surface area (Å²) in [7, 11) is 3.38. The van der Waals surface area contributed by atoms with Gasteiger partial charge in [0, 0.05) is 33.7 Å². The Kier molecular flexibility index (Phi) is 7.56. The van der Waals surface area contributed by atoms with Gasteiger partial charge in [-0.05, 0) is 18.6 Å². The van der Waals surface area contributed by atoms with E-state index in [1.165, 1.54) is 4.90 Å². The minimum Gasteiger partial charge on any atom is -0.491 e. The van der Waals surface area contributed by atoms with Crippen molar-refractivity contribution in [1.29, 1.82) is 0 Å². The summed E-state index contributed by atoms with van der Waals surface area (Å²) >= 11 is 0. The summed E-state index contributed by atoms with van der Waals surface area (Å²) in [5.74, 6) is 0.787. The quantitative estimate of drug-likeness (QED) is 0.614. The third-order valence-corrected chi connectivity index (χ3v) is 2.89. The van der Waals surface area contributed by atoms with Gasteiger partial charge in [0.25, 0.3) is 0 Å². The number of urea groups is 1. The third-order valence-electron chi connectivity index (χ3n) is 2.89. The average Bonchev–Trinajstić information content (AvgIpc) is 2.45. The van der Waals surface area contributed by atoms with Crippen LogP contribution in [0.4, 0.5) is 4.79 Å². The van der Waals surface area contributed by atoms with Crippen LogP contribution in [-0.4, -0.2) is 62.5 Å². The smallest absolute Gasteiger partial charge is 0.316 e. The van der Waals surface area contributed by atoms with Crippen molar-refractivity contribution in [3.8, 4) is 5.75 Å². The highest BCUT2D eigenvalue weighted by molar-refractivity contribution is 5.73. The summed E-state index contributed by atoms with van der Waals surface area (Å²) in [6.45, 7) is 3.74. The molecule has 0 heterocycles. The van der Waals surface area contributed by atoms with Crippen LogP contribution in [0.15, 0.2) is 24.3 Å². The number of amides is 2. The molecule has 0 fully saturated rings. The van der Waals surface area contributed by atoms with Gasteiger partial charge in [0.1, 0.15) is 18.5 Å². The van der Waals surface area contributed by atoms with Crippen LogP contribution in [0, 0.1) is 6.92 Å². The van der Waals surface area contributed by atoms with Gasteiger partial charge in [0.2, 0.25) is 0 Å². The lowest BCUT2D eigenvalue weighted by atomic mass is 10.2. The molecule has 0 aliphatic carbocycles. The predicted molar refractivity (Wildman–Crippen MR) is 82.6 cm³/mol. The second-order valence-electron chi connectivity index (χ2n) is 5.06. The second-order valence-corrected chi connectivity index (χ2v) is 5.06. The van der Waals surface area contributed by atoms with Gasteiger partial charge in [-0.1, -0.05) is 18.2 Å². The first kappa shape index (κ1) is 17.3. The van der Waals surface area contributed by atoms with E-state index in [0.717, 1.165) is 11.3 Å². The Hall–Kier alpha value is -1.79. The first-order valence-corrected chi connectivity index (χ1v) is 7.03. The van der Waals surface area contributed by atoms with Crippen LogP contribution in [0.5, 0.6) is 5.75 Å². The molecule has 0 aromatic heterocycles. The Morgan fingerprint density at radius 3 is 2.71 bits per heavy atom. The number of hydrogen-bond acceptors (Lipinski definition) is 4. The molecule has 0 saturated heterocycles. The second kappa shape index (κ2) is 9.20. The highest BCUT2D eigenvalue weighted by Crippen LogP contribution is 2.16. The molecule has 0 aliphatic rings. The van der Waals surface area contributed by atoms with Crippen molar-refractivity contribution in [3.63, 3.8) is 0 Å². The molecule has 1 unspecified atom stereocenters. The van der Waals surface area contributed by atoms with E-state index in [-0.39, 0.29) is 12.6 Å². The van der Waals surface area contributed by atoms with E-state index in [1.54, 1.807) is 14.1 Å². The van der Waals surface area contributed by atoms with Crippen molar-refractivity contribution in [2.24, 2.45) is 0 Å². The Labute approximate surface area is 126 Å². The first-order chi connectivity index (χ1) is 10.0. The van der Waals surface area contributed by atoms with Gasteiger partial charge < -0.3 is 25.4 Å². The highest BCUT2D eigenvalue weighted by atomic mass is 16.5. The van der Waals surface area contributed by atoms with E-state index in [0.29, 0.717) is 19.6 Å². The van der Waals surface area contributed by atoms with Gasteiger partial charge in [-0.3, -0.25) is 0 Å². The largest absolute Gasteiger partial charge is 0.491 e. The number of hydrogen-bond donors (Lipinski definition) is 3. The van der Waals surface area contributed by atoms with Crippen LogP contribution in [0.3, 0.4) is 0 Å². The molecular formula is C15H25N3O3. The molecule has 21 heavy (non-hydrogen) atoms. The number of ether oxygens (including phenoxy) is 1. The molecule has 3 N–H and O–H groups in total. The molecule has 1 rings (SSSR count). The average molecular weight is 295 g/mol. The molecule has 1 aromatic rings. The molecule has 1 aromatic carbocycles. The van der Waals surface area contributed by atoms with Crippen molar-refractivity contribution in [3.05, 3.63) is 29.8 Å². The van der Waals surface area contributed by atoms with Crippen molar-refractivity contribution < 1.29 is 14.6 Å². The van der Waals surface area contributed by atoms with E-state index in [1.807, 2.05) is 31.2 Å². The van der Waals surface area contributed by atoms with Crippen LogP contribution in [-0.2, 0) is 0 Å². The lowest BCUT2D eigenvalue weighted by Crippen LogP contribution is -2.40. The number of para-hydroxylation sites is 1. The Bertz CT molecular complexity index is 438. The zero-order valence-corrected chi connectivity index (χ0v) is 12.9. The van der Waals surface area contributed by atoms with Gasteiger partial charge in [0.15, 0.2) is 0 Å². The van der Waals surface area contributed by atoms with Crippen molar-refractivity contribution in [1.82, 2.24) is 15.5 Å². The topological polar surface area (TPSA) is 73.8 Å². The number of aliphatic hydroxyl groups is 1. The summed E-state index contributed by atoms with van der Waals surface area (Å²) in [5.41, 5.74) is 1.05. The van der Waals surface area contributed by atoms with E-state index >= 15 is 0 Å². The monoisotopic (exact) mass is 295 g/mol.